The lowest BCUT2D eigenvalue weighted by Crippen LogP contribution is -2.73. The molecule has 3 heterocycles. The number of rotatable bonds is 4. The molecule has 0 aliphatic carbocycles. The molecule has 0 aromatic heterocycles. The van der Waals surface area contributed by atoms with Crippen LogP contribution in [0, 0.1) is 11.8 Å². The number of amides is 1. The highest BCUT2D eigenvalue weighted by Gasteiger charge is 2.58. The Morgan fingerprint density at radius 1 is 0.938 bits per heavy atom. The van der Waals surface area contributed by atoms with Crippen LogP contribution in [0.1, 0.15) is 87.5 Å². The molecule has 0 spiro atoms. The highest BCUT2D eigenvalue weighted by molar-refractivity contribution is 5.82. The third-order valence-electron chi connectivity index (χ3n) is 7.22. The fourth-order valence-corrected chi connectivity index (χ4v) is 7.59. The summed E-state index contributed by atoms with van der Waals surface area (Å²) in [5.74, 6) is -2.00. The van der Waals surface area contributed by atoms with Crippen LogP contribution in [-0.4, -0.2) is 44.5 Å². The van der Waals surface area contributed by atoms with Crippen molar-refractivity contribution in [3.8, 4) is 0 Å². The molecule has 2 fully saturated rings. The minimum absolute atomic E-state index is 0.0535. The Hall–Kier alpha value is -1.66. The topological polar surface area (TPSA) is 84.5 Å². The van der Waals surface area contributed by atoms with E-state index in [1.807, 2.05) is 18.2 Å². The molecule has 6 nitrogen and oxygen atoms in total. The highest BCUT2D eigenvalue weighted by Crippen LogP contribution is 2.51. The van der Waals surface area contributed by atoms with Gasteiger partial charge in [-0.05, 0) is 93.1 Å². The van der Waals surface area contributed by atoms with Gasteiger partial charge in [0.25, 0.3) is 0 Å². The van der Waals surface area contributed by atoms with Crippen molar-refractivity contribution in [1.29, 1.82) is 0 Å². The molecule has 0 saturated carbocycles. The summed E-state index contributed by atoms with van der Waals surface area (Å²) in [6.07, 6.45) is 10.2. The first-order valence-corrected chi connectivity index (χ1v) is 11.9. The fraction of sp³-hybridized carbons (Fsp3) is 0.769. The van der Waals surface area contributed by atoms with Crippen molar-refractivity contribution < 1.29 is 14.7 Å². The fourth-order valence-electron chi connectivity index (χ4n) is 7.59. The molecule has 3 aliphatic rings. The van der Waals surface area contributed by atoms with Crippen molar-refractivity contribution in [3.05, 3.63) is 24.4 Å². The maximum atomic E-state index is 13.4. The molecule has 3 rings (SSSR count). The van der Waals surface area contributed by atoms with Gasteiger partial charge in [-0.15, -0.1) is 0 Å². The average Bonchev–Trinajstić information content (AvgIpc) is 2.73. The number of piperidine rings is 2. The van der Waals surface area contributed by atoms with Crippen molar-refractivity contribution in [2.24, 2.45) is 11.8 Å². The standard InChI is InChI=1S/C26H43N3O3/c1-22(2)14-18(15-23(3,4)27-22)20(21(31)32)26(29-13-11-9-10-12-19(29)30)16-24(5,6)28-25(7,8)17-26/h9-11,13,18,20,27-28H,12,14-17H2,1-8H3,(H,31,32)/p-1. The summed E-state index contributed by atoms with van der Waals surface area (Å²) in [5.41, 5.74) is -1.99. The molecular weight excluding hydrogens is 402 g/mol. The summed E-state index contributed by atoms with van der Waals surface area (Å²) in [7, 11) is 0. The minimum atomic E-state index is -1.05. The molecule has 1 unspecified atom stereocenters. The van der Waals surface area contributed by atoms with Crippen LogP contribution in [0.4, 0.5) is 0 Å². The molecule has 2 saturated heterocycles. The quantitative estimate of drug-likeness (QED) is 0.697. The van der Waals surface area contributed by atoms with Gasteiger partial charge >= 0.3 is 0 Å². The lowest BCUT2D eigenvalue weighted by atomic mass is 9.57. The molecular formula is C26H42N3O3-. The van der Waals surface area contributed by atoms with Gasteiger partial charge in [0.15, 0.2) is 0 Å². The van der Waals surface area contributed by atoms with Gasteiger partial charge in [-0.2, -0.15) is 0 Å². The maximum absolute atomic E-state index is 13.4. The first kappa shape index (κ1) is 25.0. The number of carbonyl (C=O) groups excluding carboxylic acids is 2. The Bertz CT molecular complexity index is 790. The zero-order chi connectivity index (χ0) is 24.2. The zero-order valence-corrected chi connectivity index (χ0v) is 21.2. The van der Waals surface area contributed by atoms with E-state index < -0.39 is 17.4 Å². The molecule has 2 N–H and O–H groups in total. The monoisotopic (exact) mass is 444 g/mol. The second kappa shape index (κ2) is 7.98. The molecule has 0 radical (unpaired) electrons. The molecule has 1 atom stereocenters. The predicted molar refractivity (Wildman–Crippen MR) is 126 cm³/mol. The lowest BCUT2D eigenvalue weighted by molar-refractivity contribution is -0.319. The summed E-state index contributed by atoms with van der Waals surface area (Å²) < 4.78 is 0. The van der Waals surface area contributed by atoms with E-state index in [-0.39, 0.29) is 40.4 Å². The van der Waals surface area contributed by atoms with E-state index in [9.17, 15) is 14.7 Å². The van der Waals surface area contributed by atoms with Crippen molar-refractivity contribution in [3.63, 3.8) is 0 Å². The van der Waals surface area contributed by atoms with E-state index in [2.05, 4.69) is 66.0 Å². The third kappa shape index (κ3) is 5.12. The normalized spacial score (nSPS) is 29.4. The predicted octanol–water partition coefficient (Wildman–Crippen LogP) is 2.89. The molecule has 3 aliphatic heterocycles. The molecule has 0 aromatic carbocycles. The van der Waals surface area contributed by atoms with E-state index in [1.54, 1.807) is 11.1 Å². The van der Waals surface area contributed by atoms with Gasteiger partial charge in [0.05, 0.1) is 5.54 Å². The number of aliphatic carboxylic acids is 1. The van der Waals surface area contributed by atoms with Crippen LogP contribution in [0.2, 0.25) is 0 Å². The van der Waals surface area contributed by atoms with E-state index in [0.717, 1.165) is 12.8 Å². The number of carboxylic acids is 1. The number of nitrogens with zero attached hydrogens (tertiary/aromatic N) is 1. The number of hydrogen-bond acceptors (Lipinski definition) is 5. The van der Waals surface area contributed by atoms with Crippen molar-refractivity contribution >= 4 is 11.9 Å². The molecule has 1 amide bonds. The van der Waals surface area contributed by atoms with Crippen LogP contribution in [0.25, 0.3) is 0 Å². The van der Waals surface area contributed by atoms with Crippen molar-refractivity contribution in [2.45, 2.75) is 115 Å². The second-order valence-electron chi connectivity index (χ2n) is 12.9. The number of carboxylic acid groups (broad SMARTS) is 1. The van der Waals surface area contributed by atoms with Crippen molar-refractivity contribution in [1.82, 2.24) is 15.5 Å². The van der Waals surface area contributed by atoms with E-state index in [0.29, 0.717) is 12.8 Å². The lowest BCUT2D eigenvalue weighted by Gasteiger charge is -2.62. The smallest absolute Gasteiger partial charge is 0.230 e. The first-order chi connectivity index (χ1) is 14.5. The number of allylic oxidation sites excluding steroid dienone is 2. The largest absolute Gasteiger partial charge is 0.550 e. The summed E-state index contributed by atoms with van der Waals surface area (Å²) in [5, 5.41) is 20.4. The summed E-state index contributed by atoms with van der Waals surface area (Å²) >= 11 is 0. The van der Waals surface area contributed by atoms with Gasteiger partial charge in [0.2, 0.25) is 5.91 Å². The Balaban J connectivity index is 2.20. The van der Waals surface area contributed by atoms with E-state index >= 15 is 0 Å². The molecule has 0 bridgehead atoms. The zero-order valence-electron chi connectivity index (χ0n) is 21.2. The van der Waals surface area contributed by atoms with Crippen LogP contribution < -0.4 is 15.7 Å². The molecule has 6 heteroatoms. The Kier molecular flexibility index (Phi) is 6.23. The minimum Gasteiger partial charge on any atom is -0.550 e. The Labute approximate surface area is 193 Å². The number of hydrogen-bond donors (Lipinski definition) is 2. The summed E-state index contributed by atoms with van der Waals surface area (Å²) in [4.78, 5) is 28.2. The van der Waals surface area contributed by atoms with Crippen LogP contribution >= 0.6 is 0 Å². The number of nitrogens with one attached hydrogen (secondary N) is 2. The molecule has 0 aromatic rings. The second-order valence-corrected chi connectivity index (χ2v) is 12.9. The third-order valence-corrected chi connectivity index (χ3v) is 7.22. The summed E-state index contributed by atoms with van der Waals surface area (Å²) in [6, 6.07) is 0. The van der Waals surface area contributed by atoms with Gasteiger partial charge in [-0.1, -0.05) is 12.2 Å². The maximum Gasteiger partial charge on any atom is 0.230 e. The number of carbonyl (C=O) groups is 2. The van der Waals surface area contributed by atoms with Crippen LogP contribution in [0.5, 0.6) is 0 Å². The Morgan fingerprint density at radius 2 is 1.44 bits per heavy atom. The van der Waals surface area contributed by atoms with E-state index in [4.69, 9.17) is 0 Å². The average molecular weight is 445 g/mol. The van der Waals surface area contributed by atoms with Crippen LogP contribution in [-0.2, 0) is 9.59 Å². The SMILES string of the molecule is CC1(C)CC(C(C(=O)[O-])C2(N3C=CC=CCC3=O)CC(C)(C)NC(C)(C)C2)CC(C)(C)N1. The van der Waals surface area contributed by atoms with Gasteiger partial charge in [0.1, 0.15) is 0 Å². The Morgan fingerprint density at radius 3 is 1.94 bits per heavy atom. The first-order valence-electron chi connectivity index (χ1n) is 11.9. The van der Waals surface area contributed by atoms with Gasteiger partial charge in [0, 0.05) is 46.7 Å². The summed E-state index contributed by atoms with van der Waals surface area (Å²) in [6.45, 7) is 17.0. The molecule has 180 valence electrons. The highest BCUT2D eigenvalue weighted by atomic mass is 16.4. The molecule has 32 heavy (non-hydrogen) atoms. The van der Waals surface area contributed by atoms with Crippen LogP contribution in [0.15, 0.2) is 24.4 Å². The van der Waals surface area contributed by atoms with Gasteiger partial charge in [-0.25, -0.2) is 0 Å². The van der Waals surface area contributed by atoms with Gasteiger partial charge in [-0.3, -0.25) is 4.79 Å². The van der Waals surface area contributed by atoms with Crippen LogP contribution in [0.3, 0.4) is 0 Å². The van der Waals surface area contributed by atoms with Crippen molar-refractivity contribution in [2.75, 3.05) is 0 Å². The van der Waals surface area contributed by atoms with E-state index in [1.165, 1.54) is 0 Å². The van der Waals surface area contributed by atoms with Gasteiger partial charge < -0.3 is 25.4 Å².